The molecule has 0 spiro atoms. The maximum Gasteiger partial charge on any atom is 0.256 e. The van der Waals surface area contributed by atoms with E-state index in [-0.39, 0.29) is 11.7 Å². The lowest BCUT2D eigenvalue weighted by molar-refractivity contribution is 0.102. The number of nitrogens with zero attached hydrogens (tertiary/aromatic N) is 3. The summed E-state index contributed by atoms with van der Waals surface area (Å²) < 4.78 is 15.2. The molecule has 0 saturated heterocycles. The van der Waals surface area contributed by atoms with Gasteiger partial charge in [0.05, 0.1) is 11.3 Å². The monoisotopic (exact) mass is 408 g/mol. The predicted molar refractivity (Wildman–Crippen MR) is 88.4 cm³/mol. The van der Waals surface area contributed by atoms with E-state index >= 15 is 0 Å². The zero-order valence-electron chi connectivity index (χ0n) is 11.2. The summed E-state index contributed by atoms with van der Waals surface area (Å²) in [5.41, 5.74) is 0.925. The topological polar surface area (TPSA) is 59.8 Å². The molecule has 2 aromatic heterocycles. The van der Waals surface area contributed by atoms with Crippen molar-refractivity contribution >= 4 is 34.2 Å². The Morgan fingerprint density at radius 3 is 2.82 bits per heavy atom. The van der Waals surface area contributed by atoms with Gasteiger partial charge in [-0.1, -0.05) is 0 Å². The van der Waals surface area contributed by atoms with Gasteiger partial charge in [-0.05, 0) is 59.0 Å². The van der Waals surface area contributed by atoms with E-state index in [4.69, 9.17) is 0 Å². The zero-order valence-corrected chi connectivity index (χ0v) is 13.4. The first-order chi connectivity index (χ1) is 10.6. The van der Waals surface area contributed by atoms with E-state index in [0.717, 1.165) is 0 Å². The van der Waals surface area contributed by atoms with Crippen LogP contribution in [0, 0.1) is 9.39 Å². The molecule has 2 heterocycles. The Balaban J connectivity index is 1.92. The standard InChI is InChI=1S/C15H10FIN4O/c16-10-4-5-11(12(17)9-10)15(22)20-13-3-1-6-18-14(13)21-8-2-7-19-21/h1-9H,(H,20,22). The first-order valence-electron chi connectivity index (χ1n) is 6.36. The number of benzene rings is 1. The molecule has 3 aromatic rings. The molecular formula is C15H10FIN4O. The number of aromatic nitrogens is 3. The molecule has 110 valence electrons. The number of halogens is 2. The lowest BCUT2D eigenvalue weighted by Crippen LogP contribution is -2.16. The van der Waals surface area contributed by atoms with Crippen LogP contribution in [0.4, 0.5) is 10.1 Å². The van der Waals surface area contributed by atoms with E-state index in [9.17, 15) is 9.18 Å². The minimum atomic E-state index is -0.375. The normalized spacial score (nSPS) is 10.5. The number of rotatable bonds is 3. The summed E-state index contributed by atoms with van der Waals surface area (Å²) in [5, 5.41) is 6.89. The zero-order chi connectivity index (χ0) is 15.5. The van der Waals surface area contributed by atoms with Gasteiger partial charge < -0.3 is 5.32 Å². The molecule has 22 heavy (non-hydrogen) atoms. The SMILES string of the molecule is O=C(Nc1cccnc1-n1cccn1)c1ccc(F)cc1I. The molecular weight excluding hydrogens is 398 g/mol. The molecule has 0 bridgehead atoms. The molecule has 0 aliphatic heterocycles. The molecule has 0 atom stereocenters. The Kier molecular flexibility index (Phi) is 4.14. The second-order valence-corrected chi connectivity index (χ2v) is 5.57. The van der Waals surface area contributed by atoms with Crippen molar-refractivity contribution in [2.75, 3.05) is 5.32 Å². The third-order valence-electron chi connectivity index (χ3n) is 2.93. The van der Waals surface area contributed by atoms with Gasteiger partial charge in [-0.15, -0.1) is 0 Å². The Labute approximate surface area is 139 Å². The Hall–Kier alpha value is -2.29. The van der Waals surface area contributed by atoms with Crippen LogP contribution in [0.3, 0.4) is 0 Å². The lowest BCUT2D eigenvalue weighted by atomic mass is 10.2. The summed E-state index contributed by atoms with van der Waals surface area (Å²) in [6.07, 6.45) is 4.98. The highest BCUT2D eigenvalue weighted by atomic mass is 127. The first-order valence-corrected chi connectivity index (χ1v) is 7.44. The van der Waals surface area contributed by atoms with Crippen LogP contribution in [0.1, 0.15) is 10.4 Å². The van der Waals surface area contributed by atoms with E-state index in [1.165, 1.54) is 18.2 Å². The second-order valence-electron chi connectivity index (χ2n) is 4.40. The fraction of sp³-hybridized carbons (Fsp3) is 0. The maximum atomic E-state index is 13.1. The molecule has 1 amide bonds. The molecule has 1 N–H and O–H groups in total. The molecule has 3 rings (SSSR count). The Morgan fingerprint density at radius 2 is 2.09 bits per heavy atom. The maximum absolute atomic E-state index is 13.1. The van der Waals surface area contributed by atoms with Gasteiger partial charge in [-0.25, -0.2) is 14.1 Å². The van der Waals surface area contributed by atoms with Crippen molar-refractivity contribution < 1.29 is 9.18 Å². The van der Waals surface area contributed by atoms with Gasteiger partial charge >= 0.3 is 0 Å². The largest absolute Gasteiger partial charge is 0.319 e. The predicted octanol–water partition coefficient (Wildman–Crippen LogP) is 3.26. The van der Waals surface area contributed by atoms with Crippen molar-refractivity contribution in [2.24, 2.45) is 0 Å². The van der Waals surface area contributed by atoms with Crippen LogP contribution >= 0.6 is 22.6 Å². The highest BCUT2D eigenvalue weighted by Crippen LogP contribution is 2.19. The smallest absolute Gasteiger partial charge is 0.256 e. The van der Waals surface area contributed by atoms with Crippen molar-refractivity contribution in [1.29, 1.82) is 0 Å². The number of amides is 1. The second kappa shape index (κ2) is 6.22. The van der Waals surface area contributed by atoms with Gasteiger partial charge in [0.15, 0.2) is 5.82 Å². The van der Waals surface area contributed by atoms with Crippen LogP contribution in [-0.4, -0.2) is 20.7 Å². The first kappa shape index (κ1) is 14.6. The van der Waals surface area contributed by atoms with Gasteiger partial charge in [0.25, 0.3) is 5.91 Å². The van der Waals surface area contributed by atoms with E-state index in [0.29, 0.717) is 20.6 Å². The van der Waals surface area contributed by atoms with Crippen molar-refractivity contribution in [2.45, 2.75) is 0 Å². The summed E-state index contributed by atoms with van der Waals surface area (Å²) in [6.45, 7) is 0. The van der Waals surface area contributed by atoms with Crippen LogP contribution in [0.15, 0.2) is 55.0 Å². The third-order valence-corrected chi connectivity index (χ3v) is 3.82. The average Bonchev–Trinajstić information content (AvgIpc) is 3.01. The van der Waals surface area contributed by atoms with Crippen molar-refractivity contribution in [3.63, 3.8) is 0 Å². The Morgan fingerprint density at radius 1 is 1.23 bits per heavy atom. The fourth-order valence-electron chi connectivity index (χ4n) is 1.93. The highest BCUT2D eigenvalue weighted by Gasteiger charge is 2.14. The number of anilines is 1. The molecule has 0 aliphatic rings. The summed E-state index contributed by atoms with van der Waals surface area (Å²) in [6, 6.07) is 9.25. The van der Waals surface area contributed by atoms with Crippen molar-refractivity contribution in [3.05, 3.63) is 69.9 Å². The van der Waals surface area contributed by atoms with Crippen LogP contribution in [0.25, 0.3) is 5.82 Å². The number of pyridine rings is 1. The molecule has 0 saturated carbocycles. The Bertz CT molecular complexity index is 820. The van der Waals surface area contributed by atoms with Crippen molar-refractivity contribution in [3.8, 4) is 5.82 Å². The lowest BCUT2D eigenvalue weighted by Gasteiger charge is -2.10. The average molecular weight is 408 g/mol. The van der Waals surface area contributed by atoms with Gasteiger partial charge in [-0.3, -0.25) is 4.79 Å². The summed E-state index contributed by atoms with van der Waals surface area (Å²) >= 11 is 1.93. The van der Waals surface area contributed by atoms with E-state index in [1.54, 1.807) is 41.5 Å². The molecule has 0 fully saturated rings. The number of nitrogens with one attached hydrogen (secondary N) is 1. The van der Waals surface area contributed by atoms with Crippen molar-refractivity contribution in [1.82, 2.24) is 14.8 Å². The number of hydrogen-bond donors (Lipinski definition) is 1. The van der Waals surface area contributed by atoms with Gasteiger partial charge in [0.2, 0.25) is 0 Å². The van der Waals surface area contributed by atoms with Crippen LogP contribution < -0.4 is 5.32 Å². The molecule has 1 aromatic carbocycles. The third kappa shape index (κ3) is 2.98. The van der Waals surface area contributed by atoms with Gasteiger partial charge in [-0.2, -0.15) is 5.10 Å². The molecule has 7 heteroatoms. The van der Waals surface area contributed by atoms with Gasteiger partial charge in [0.1, 0.15) is 5.82 Å². The van der Waals surface area contributed by atoms with Crippen LogP contribution in [0.5, 0.6) is 0 Å². The highest BCUT2D eigenvalue weighted by molar-refractivity contribution is 14.1. The number of hydrogen-bond acceptors (Lipinski definition) is 3. The van der Waals surface area contributed by atoms with E-state index in [1.807, 2.05) is 22.6 Å². The van der Waals surface area contributed by atoms with Crippen LogP contribution in [-0.2, 0) is 0 Å². The summed E-state index contributed by atoms with van der Waals surface area (Å²) in [4.78, 5) is 16.6. The summed E-state index contributed by atoms with van der Waals surface area (Å²) in [5.74, 6) is -0.191. The van der Waals surface area contributed by atoms with Gasteiger partial charge in [0, 0.05) is 22.2 Å². The van der Waals surface area contributed by atoms with E-state index < -0.39 is 0 Å². The number of carbonyl (C=O) groups is 1. The summed E-state index contributed by atoms with van der Waals surface area (Å²) in [7, 11) is 0. The quantitative estimate of drug-likeness (QED) is 0.677. The van der Waals surface area contributed by atoms with E-state index in [2.05, 4.69) is 15.4 Å². The molecule has 0 aliphatic carbocycles. The molecule has 5 nitrogen and oxygen atoms in total. The minimum absolute atomic E-state index is 0.328. The number of carbonyl (C=O) groups excluding carboxylic acids is 1. The molecule has 0 unspecified atom stereocenters. The fourth-order valence-corrected chi connectivity index (χ4v) is 2.66. The minimum Gasteiger partial charge on any atom is -0.319 e. The van der Waals surface area contributed by atoms with Crippen LogP contribution in [0.2, 0.25) is 0 Å². The molecule has 0 radical (unpaired) electrons.